The highest BCUT2D eigenvalue weighted by Gasteiger charge is 2.19. The van der Waals surface area contributed by atoms with Crippen molar-refractivity contribution >= 4 is 6.09 Å². The number of imidazole rings is 1. The lowest BCUT2D eigenvalue weighted by Crippen LogP contribution is -2.23. The Hall–Kier alpha value is -1.36. The molecule has 0 radical (unpaired) electrons. The molecule has 70 valence electrons. The number of carbonyl (C=O) groups is 1. The summed E-state index contributed by atoms with van der Waals surface area (Å²) >= 11 is 0. The third kappa shape index (κ3) is 1.86. The summed E-state index contributed by atoms with van der Waals surface area (Å²) < 4.78 is 6.51. The first-order chi connectivity index (χ1) is 6.36. The van der Waals surface area contributed by atoms with Gasteiger partial charge in [-0.3, -0.25) is 0 Å². The first-order valence-corrected chi connectivity index (χ1v) is 4.26. The minimum Gasteiger partial charge on any atom is -0.444 e. The molecule has 1 saturated heterocycles. The molecule has 1 aromatic rings. The maximum Gasteiger partial charge on any atom is 0.419 e. The van der Waals surface area contributed by atoms with Crippen LogP contribution in [0.4, 0.5) is 4.79 Å². The first-order valence-electron chi connectivity index (χ1n) is 4.26. The van der Waals surface area contributed by atoms with Gasteiger partial charge in [0.1, 0.15) is 12.4 Å². The number of nitrogens with one attached hydrogen (secondary N) is 1. The first kappa shape index (κ1) is 8.25. The number of aromatic nitrogens is 2. The average Bonchev–Trinajstić information content (AvgIpc) is 2.74. The summed E-state index contributed by atoms with van der Waals surface area (Å²) in [6, 6.07) is 0. The Kier molecular flexibility index (Phi) is 2.27. The van der Waals surface area contributed by atoms with E-state index in [0.717, 1.165) is 19.5 Å². The van der Waals surface area contributed by atoms with Crippen LogP contribution in [0.5, 0.6) is 0 Å². The van der Waals surface area contributed by atoms with Crippen molar-refractivity contribution in [2.24, 2.45) is 0 Å². The Labute approximate surface area is 75.7 Å². The maximum atomic E-state index is 11.3. The topological polar surface area (TPSA) is 56.1 Å². The van der Waals surface area contributed by atoms with E-state index in [-0.39, 0.29) is 12.2 Å². The second kappa shape index (κ2) is 3.57. The highest BCUT2D eigenvalue weighted by Crippen LogP contribution is 2.04. The van der Waals surface area contributed by atoms with Gasteiger partial charge < -0.3 is 10.1 Å². The summed E-state index contributed by atoms with van der Waals surface area (Å²) in [6.07, 6.45) is 5.10. The van der Waals surface area contributed by atoms with Crippen molar-refractivity contribution in [3.05, 3.63) is 18.7 Å². The van der Waals surface area contributed by atoms with Crippen LogP contribution in [0.3, 0.4) is 0 Å². The molecule has 5 nitrogen and oxygen atoms in total. The third-order valence-electron chi connectivity index (χ3n) is 2.00. The number of nitrogens with zero attached hydrogens (tertiary/aromatic N) is 2. The van der Waals surface area contributed by atoms with E-state index in [9.17, 15) is 4.79 Å². The molecule has 1 aromatic heterocycles. The van der Waals surface area contributed by atoms with Crippen LogP contribution < -0.4 is 5.32 Å². The summed E-state index contributed by atoms with van der Waals surface area (Å²) in [5.74, 6) is 0. The molecule has 2 heterocycles. The van der Waals surface area contributed by atoms with Crippen molar-refractivity contribution in [2.75, 3.05) is 13.1 Å². The number of carbonyl (C=O) groups excluding carboxylic acids is 1. The van der Waals surface area contributed by atoms with E-state index in [1.165, 1.54) is 10.9 Å². The lowest BCUT2D eigenvalue weighted by Gasteiger charge is -2.09. The highest BCUT2D eigenvalue weighted by molar-refractivity contribution is 5.70. The molecule has 1 aliphatic heterocycles. The molecule has 0 spiro atoms. The van der Waals surface area contributed by atoms with E-state index in [2.05, 4.69) is 10.3 Å². The molecule has 0 amide bonds. The molecule has 13 heavy (non-hydrogen) atoms. The maximum absolute atomic E-state index is 11.3. The summed E-state index contributed by atoms with van der Waals surface area (Å²) in [5.41, 5.74) is 0. The van der Waals surface area contributed by atoms with Gasteiger partial charge in [0.05, 0.1) is 0 Å². The predicted molar refractivity (Wildman–Crippen MR) is 45.4 cm³/mol. The summed E-state index contributed by atoms with van der Waals surface area (Å²) in [4.78, 5) is 15.1. The lowest BCUT2D eigenvalue weighted by atomic mass is 10.3. The fourth-order valence-electron chi connectivity index (χ4n) is 1.30. The van der Waals surface area contributed by atoms with E-state index < -0.39 is 0 Å². The van der Waals surface area contributed by atoms with Crippen LogP contribution in [0, 0.1) is 0 Å². The van der Waals surface area contributed by atoms with Crippen molar-refractivity contribution < 1.29 is 9.53 Å². The van der Waals surface area contributed by atoms with Gasteiger partial charge >= 0.3 is 6.09 Å². The molecule has 1 fully saturated rings. The summed E-state index contributed by atoms with van der Waals surface area (Å²) in [5, 5.41) is 3.12. The fraction of sp³-hybridized carbons (Fsp3) is 0.500. The molecule has 1 atom stereocenters. The molecule has 1 N–H and O–H groups in total. The monoisotopic (exact) mass is 181 g/mol. The molecule has 2 rings (SSSR count). The van der Waals surface area contributed by atoms with Gasteiger partial charge in [-0.2, -0.15) is 0 Å². The smallest absolute Gasteiger partial charge is 0.419 e. The average molecular weight is 181 g/mol. The molecule has 0 saturated carbocycles. The van der Waals surface area contributed by atoms with E-state index in [1.54, 1.807) is 12.4 Å². The summed E-state index contributed by atoms with van der Waals surface area (Å²) in [7, 11) is 0. The summed E-state index contributed by atoms with van der Waals surface area (Å²) in [6.45, 7) is 1.67. The Bertz CT molecular complexity index is 278. The molecular weight excluding hydrogens is 170 g/mol. The normalized spacial score (nSPS) is 21.7. The van der Waals surface area contributed by atoms with Crippen LogP contribution >= 0.6 is 0 Å². The molecule has 1 aliphatic rings. The van der Waals surface area contributed by atoms with Crippen LogP contribution in [-0.4, -0.2) is 34.8 Å². The zero-order valence-corrected chi connectivity index (χ0v) is 7.14. The molecule has 0 aliphatic carbocycles. The van der Waals surface area contributed by atoms with Crippen LogP contribution in [0.15, 0.2) is 18.7 Å². The Morgan fingerprint density at radius 1 is 1.69 bits per heavy atom. The van der Waals surface area contributed by atoms with Gasteiger partial charge in [0, 0.05) is 18.9 Å². The molecular formula is C8H11N3O2. The van der Waals surface area contributed by atoms with Crippen LogP contribution in [0.25, 0.3) is 0 Å². The third-order valence-corrected chi connectivity index (χ3v) is 2.00. The lowest BCUT2D eigenvalue weighted by molar-refractivity contribution is 0.108. The molecule has 1 unspecified atom stereocenters. The van der Waals surface area contributed by atoms with E-state index >= 15 is 0 Å². The van der Waals surface area contributed by atoms with Crippen LogP contribution in [0.2, 0.25) is 0 Å². The van der Waals surface area contributed by atoms with E-state index in [1.807, 2.05) is 0 Å². The predicted octanol–water partition coefficient (Wildman–Crippen LogP) is 0.230. The Balaban J connectivity index is 1.91. The van der Waals surface area contributed by atoms with Crippen molar-refractivity contribution in [2.45, 2.75) is 12.5 Å². The Morgan fingerprint density at radius 2 is 2.62 bits per heavy atom. The molecule has 5 heteroatoms. The van der Waals surface area contributed by atoms with Crippen molar-refractivity contribution in [1.82, 2.24) is 14.9 Å². The van der Waals surface area contributed by atoms with Crippen molar-refractivity contribution in [3.8, 4) is 0 Å². The second-order valence-electron chi connectivity index (χ2n) is 2.97. The number of rotatable bonds is 1. The van der Waals surface area contributed by atoms with Gasteiger partial charge in [0.2, 0.25) is 0 Å². The minimum absolute atomic E-state index is 0.00917. The highest BCUT2D eigenvalue weighted by atomic mass is 16.6. The van der Waals surface area contributed by atoms with Crippen LogP contribution in [-0.2, 0) is 4.74 Å². The second-order valence-corrected chi connectivity index (χ2v) is 2.97. The minimum atomic E-state index is -0.355. The van der Waals surface area contributed by atoms with Gasteiger partial charge in [-0.05, 0) is 13.0 Å². The molecule has 0 bridgehead atoms. The van der Waals surface area contributed by atoms with Gasteiger partial charge in [0.25, 0.3) is 0 Å². The number of hydrogen-bond acceptors (Lipinski definition) is 4. The Morgan fingerprint density at radius 3 is 3.23 bits per heavy atom. The number of ether oxygens (including phenoxy) is 1. The van der Waals surface area contributed by atoms with Gasteiger partial charge in [-0.1, -0.05) is 0 Å². The quantitative estimate of drug-likeness (QED) is 0.673. The van der Waals surface area contributed by atoms with Gasteiger partial charge in [0.15, 0.2) is 0 Å². The zero-order chi connectivity index (χ0) is 9.10. The van der Waals surface area contributed by atoms with E-state index in [4.69, 9.17) is 4.74 Å². The van der Waals surface area contributed by atoms with Gasteiger partial charge in [-0.15, -0.1) is 0 Å². The fourth-order valence-corrected chi connectivity index (χ4v) is 1.30. The van der Waals surface area contributed by atoms with Crippen molar-refractivity contribution in [1.29, 1.82) is 0 Å². The van der Waals surface area contributed by atoms with Crippen molar-refractivity contribution in [3.63, 3.8) is 0 Å². The number of hydrogen-bond donors (Lipinski definition) is 1. The van der Waals surface area contributed by atoms with E-state index in [0.29, 0.717) is 0 Å². The van der Waals surface area contributed by atoms with Crippen LogP contribution in [0.1, 0.15) is 6.42 Å². The zero-order valence-electron chi connectivity index (χ0n) is 7.14. The largest absolute Gasteiger partial charge is 0.444 e. The molecule has 0 aromatic carbocycles. The SMILES string of the molecule is O=C(OC1CCNC1)n1ccnc1. The van der Waals surface area contributed by atoms with Gasteiger partial charge in [-0.25, -0.2) is 14.3 Å². The standard InChI is InChI=1S/C8H11N3O2/c12-8(11-4-3-10-6-11)13-7-1-2-9-5-7/h3-4,6-7,9H,1-2,5H2.